The number of ketones is 1. The van der Waals surface area contributed by atoms with Gasteiger partial charge < -0.3 is 0 Å². The second-order valence-corrected chi connectivity index (χ2v) is 5.07. The van der Waals surface area contributed by atoms with Crippen molar-refractivity contribution in [2.75, 3.05) is 6.54 Å². The second kappa shape index (κ2) is 4.34. The van der Waals surface area contributed by atoms with E-state index in [0.717, 1.165) is 19.4 Å². The van der Waals surface area contributed by atoms with Crippen molar-refractivity contribution in [2.45, 2.75) is 38.8 Å². The minimum absolute atomic E-state index is 0.115. The number of carbonyl (C=O) groups is 1. The molecule has 1 aliphatic heterocycles. The van der Waals surface area contributed by atoms with Gasteiger partial charge in [-0.15, -0.1) is 0 Å². The van der Waals surface area contributed by atoms with Crippen LogP contribution in [0.1, 0.15) is 32.3 Å². The van der Waals surface area contributed by atoms with Crippen LogP contribution in [-0.2, 0) is 11.3 Å². The normalized spacial score (nSPS) is 21.0. The number of carbonyl (C=O) groups excluding carboxylic acids is 1. The molecule has 0 amide bonds. The zero-order valence-electron chi connectivity index (χ0n) is 9.94. The second-order valence-electron chi connectivity index (χ2n) is 5.07. The van der Waals surface area contributed by atoms with E-state index in [1.54, 1.807) is 6.20 Å². The molecule has 0 unspecified atom stereocenters. The van der Waals surface area contributed by atoms with Crippen LogP contribution >= 0.6 is 0 Å². The first-order valence-corrected chi connectivity index (χ1v) is 5.73. The Balaban J connectivity index is 2.10. The monoisotopic (exact) mass is 218 g/mol. The van der Waals surface area contributed by atoms with Crippen LogP contribution < -0.4 is 0 Å². The van der Waals surface area contributed by atoms with Gasteiger partial charge in [-0.2, -0.15) is 0 Å². The van der Waals surface area contributed by atoms with Gasteiger partial charge in [-0.3, -0.25) is 14.7 Å². The lowest BCUT2D eigenvalue weighted by Gasteiger charge is -2.41. The summed E-state index contributed by atoms with van der Waals surface area (Å²) in [6.45, 7) is 5.79. The zero-order valence-corrected chi connectivity index (χ0v) is 9.94. The lowest BCUT2D eigenvalue weighted by atomic mass is 9.89. The van der Waals surface area contributed by atoms with Crippen molar-refractivity contribution >= 4 is 5.78 Å². The summed E-state index contributed by atoms with van der Waals surface area (Å²) in [4.78, 5) is 17.8. The highest BCUT2D eigenvalue weighted by molar-refractivity contribution is 5.81. The summed E-state index contributed by atoms with van der Waals surface area (Å²) in [5.41, 5.74) is 1.29. The number of aromatic nitrogens is 1. The van der Waals surface area contributed by atoms with Gasteiger partial charge in [-0.05, 0) is 31.9 Å². The Bertz CT molecular complexity index is 373. The summed E-state index contributed by atoms with van der Waals surface area (Å²) in [6.07, 6.45) is 5.31. The number of pyridine rings is 1. The lowest BCUT2D eigenvalue weighted by molar-refractivity contribution is -0.126. The molecule has 16 heavy (non-hydrogen) atoms. The van der Waals surface area contributed by atoms with E-state index in [-0.39, 0.29) is 5.54 Å². The molecule has 0 saturated carbocycles. The average molecular weight is 218 g/mol. The van der Waals surface area contributed by atoms with Crippen molar-refractivity contribution in [3.8, 4) is 0 Å². The molecule has 3 nitrogen and oxygen atoms in total. The maximum atomic E-state index is 11.5. The van der Waals surface area contributed by atoms with Crippen LogP contribution in [0.15, 0.2) is 24.5 Å². The first kappa shape index (κ1) is 11.3. The van der Waals surface area contributed by atoms with Gasteiger partial charge in [-0.25, -0.2) is 0 Å². The smallest absolute Gasteiger partial charge is 0.146 e. The van der Waals surface area contributed by atoms with Gasteiger partial charge in [0, 0.05) is 30.9 Å². The Morgan fingerprint density at radius 1 is 1.50 bits per heavy atom. The molecular formula is C13H18N2O. The number of hydrogen-bond donors (Lipinski definition) is 0. The highest BCUT2D eigenvalue weighted by Crippen LogP contribution is 2.27. The summed E-state index contributed by atoms with van der Waals surface area (Å²) in [5, 5.41) is 0. The van der Waals surface area contributed by atoms with Gasteiger partial charge in [0.2, 0.25) is 0 Å². The van der Waals surface area contributed by atoms with Crippen LogP contribution in [0.3, 0.4) is 0 Å². The van der Waals surface area contributed by atoms with E-state index in [4.69, 9.17) is 0 Å². The number of nitrogens with zero attached hydrogens (tertiary/aromatic N) is 2. The molecule has 0 N–H and O–H groups in total. The summed E-state index contributed by atoms with van der Waals surface area (Å²) in [7, 11) is 0. The summed E-state index contributed by atoms with van der Waals surface area (Å²) in [5.74, 6) is 0.350. The third-order valence-electron chi connectivity index (χ3n) is 3.34. The van der Waals surface area contributed by atoms with E-state index in [1.807, 2.05) is 12.3 Å². The zero-order chi connectivity index (χ0) is 11.6. The molecule has 0 aromatic carbocycles. The van der Waals surface area contributed by atoms with Gasteiger partial charge >= 0.3 is 0 Å². The minimum Gasteiger partial charge on any atom is -0.298 e. The van der Waals surface area contributed by atoms with Crippen molar-refractivity contribution in [1.82, 2.24) is 9.88 Å². The summed E-state index contributed by atoms with van der Waals surface area (Å²) >= 11 is 0. The van der Waals surface area contributed by atoms with E-state index in [9.17, 15) is 4.79 Å². The molecule has 1 saturated heterocycles. The topological polar surface area (TPSA) is 33.2 Å². The molecule has 3 heteroatoms. The Hall–Kier alpha value is -1.22. The van der Waals surface area contributed by atoms with Crippen LogP contribution in [0.4, 0.5) is 0 Å². The molecule has 0 bridgehead atoms. The Morgan fingerprint density at radius 2 is 2.31 bits per heavy atom. The molecule has 1 aromatic rings. The van der Waals surface area contributed by atoms with Crippen LogP contribution in [0.25, 0.3) is 0 Å². The van der Waals surface area contributed by atoms with E-state index < -0.39 is 0 Å². The molecule has 2 rings (SSSR count). The number of Topliss-reactive ketones (excluding diaryl/α,β-unsaturated/α-hetero) is 1. The molecule has 1 aliphatic rings. The third kappa shape index (κ3) is 2.47. The Morgan fingerprint density at radius 3 is 3.00 bits per heavy atom. The molecule has 1 aromatic heterocycles. The van der Waals surface area contributed by atoms with Crippen LogP contribution in [0.5, 0.6) is 0 Å². The molecule has 0 radical (unpaired) electrons. The van der Waals surface area contributed by atoms with Gasteiger partial charge in [0.05, 0.1) is 6.54 Å². The molecule has 1 fully saturated rings. The van der Waals surface area contributed by atoms with Crippen molar-refractivity contribution in [1.29, 1.82) is 0 Å². The SMILES string of the molecule is CC1(C)CCC(=O)CN1Cc1cccnc1. The van der Waals surface area contributed by atoms with Crippen LogP contribution in [0, 0.1) is 0 Å². The van der Waals surface area contributed by atoms with E-state index in [2.05, 4.69) is 29.8 Å². The van der Waals surface area contributed by atoms with Crippen molar-refractivity contribution in [2.24, 2.45) is 0 Å². The summed E-state index contributed by atoms with van der Waals surface area (Å²) in [6, 6.07) is 4.00. The van der Waals surface area contributed by atoms with Crippen molar-refractivity contribution in [3.63, 3.8) is 0 Å². The highest BCUT2D eigenvalue weighted by atomic mass is 16.1. The van der Waals surface area contributed by atoms with Crippen LogP contribution in [-0.4, -0.2) is 27.8 Å². The van der Waals surface area contributed by atoms with Gasteiger partial charge in [0.15, 0.2) is 0 Å². The molecule has 0 aliphatic carbocycles. The molecule has 0 spiro atoms. The minimum atomic E-state index is 0.115. The van der Waals surface area contributed by atoms with Crippen molar-refractivity contribution < 1.29 is 4.79 Å². The average Bonchev–Trinajstić information content (AvgIpc) is 2.26. The Labute approximate surface area is 96.5 Å². The summed E-state index contributed by atoms with van der Waals surface area (Å²) < 4.78 is 0. The third-order valence-corrected chi connectivity index (χ3v) is 3.34. The van der Waals surface area contributed by atoms with Crippen LogP contribution in [0.2, 0.25) is 0 Å². The fraction of sp³-hybridized carbons (Fsp3) is 0.538. The largest absolute Gasteiger partial charge is 0.298 e. The molecule has 2 heterocycles. The fourth-order valence-corrected chi connectivity index (χ4v) is 2.09. The maximum absolute atomic E-state index is 11.5. The van der Waals surface area contributed by atoms with E-state index >= 15 is 0 Å². The first-order chi connectivity index (χ1) is 7.58. The fourth-order valence-electron chi connectivity index (χ4n) is 2.09. The predicted molar refractivity (Wildman–Crippen MR) is 63.0 cm³/mol. The number of hydrogen-bond acceptors (Lipinski definition) is 3. The maximum Gasteiger partial charge on any atom is 0.146 e. The molecule has 0 atom stereocenters. The van der Waals surface area contributed by atoms with Gasteiger partial charge in [0.25, 0.3) is 0 Å². The standard InChI is InChI=1S/C13H18N2O/c1-13(2)6-5-12(16)10-15(13)9-11-4-3-7-14-8-11/h3-4,7-8H,5-6,9-10H2,1-2H3. The molecule has 86 valence electrons. The van der Waals surface area contributed by atoms with Crippen molar-refractivity contribution in [3.05, 3.63) is 30.1 Å². The predicted octanol–water partition coefficient (Wildman–Crippen LogP) is 2.03. The first-order valence-electron chi connectivity index (χ1n) is 5.73. The van der Waals surface area contributed by atoms with Gasteiger partial charge in [0.1, 0.15) is 5.78 Å². The number of likely N-dealkylation sites (tertiary alicyclic amines) is 1. The highest BCUT2D eigenvalue weighted by Gasteiger charge is 2.32. The van der Waals surface area contributed by atoms with E-state index in [0.29, 0.717) is 12.3 Å². The number of piperidine rings is 1. The van der Waals surface area contributed by atoms with E-state index in [1.165, 1.54) is 5.56 Å². The lowest BCUT2D eigenvalue weighted by Crippen LogP contribution is -2.50. The Kier molecular flexibility index (Phi) is 3.06. The van der Waals surface area contributed by atoms with Gasteiger partial charge in [-0.1, -0.05) is 6.07 Å². The quantitative estimate of drug-likeness (QED) is 0.761. The molecular weight excluding hydrogens is 200 g/mol. The number of rotatable bonds is 2.